The van der Waals surface area contributed by atoms with Gasteiger partial charge in [0.15, 0.2) is 0 Å². The summed E-state index contributed by atoms with van der Waals surface area (Å²) in [6, 6.07) is 5.66. The molecule has 0 bridgehead atoms. The van der Waals surface area contributed by atoms with Crippen LogP contribution in [-0.4, -0.2) is 14.8 Å². The highest BCUT2D eigenvalue weighted by atomic mass is 32.2. The van der Waals surface area contributed by atoms with Gasteiger partial charge in [-0.25, -0.2) is 4.98 Å². The van der Waals surface area contributed by atoms with E-state index in [1.54, 1.807) is 16.9 Å². The first kappa shape index (κ1) is 11.5. The average molecular weight is 245 g/mol. The van der Waals surface area contributed by atoms with Crippen molar-refractivity contribution in [3.63, 3.8) is 0 Å². The van der Waals surface area contributed by atoms with E-state index < -0.39 is 0 Å². The van der Waals surface area contributed by atoms with E-state index in [1.807, 2.05) is 20.0 Å². The molecule has 0 aromatic carbocycles. The summed E-state index contributed by atoms with van der Waals surface area (Å²) < 4.78 is 1.76. The Kier molecular flexibility index (Phi) is 3.02. The highest BCUT2D eigenvalue weighted by Gasteiger charge is 2.10. The number of anilines is 1. The van der Waals surface area contributed by atoms with Crippen molar-refractivity contribution in [2.75, 3.05) is 5.73 Å². The number of nitriles is 1. The molecule has 0 unspecified atom stereocenters. The maximum absolute atomic E-state index is 9.01. The molecule has 0 aliphatic rings. The molecular weight excluding hydrogens is 234 g/mol. The molecule has 2 heterocycles. The normalized spacial score (nSPS) is 10.2. The number of hydrogen-bond donors (Lipinski definition) is 1. The molecule has 5 nitrogen and oxygen atoms in total. The van der Waals surface area contributed by atoms with Gasteiger partial charge in [-0.2, -0.15) is 10.4 Å². The van der Waals surface area contributed by atoms with Crippen molar-refractivity contribution in [3.05, 3.63) is 29.6 Å². The molecule has 2 rings (SSSR count). The van der Waals surface area contributed by atoms with E-state index in [0.29, 0.717) is 16.3 Å². The smallest absolute Gasteiger partial charge is 0.120 e. The minimum Gasteiger partial charge on any atom is -0.397 e. The maximum atomic E-state index is 9.01. The molecule has 0 aliphatic heterocycles. The summed E-state index contributed by atoms with van der Waals surface area (Å²) in [5.74, 6) is 0. The number of aryl methyl sites for hydroxylation is 2. The zero-order valence-electron chi connectivity index (χ0n) is 9.51. The van der Waals surface area contributed by atoms with Crippen molar-refractivity contribution in [2.24, 2.45) is 7.05 Å². The van der Waals surface area contributed by atoms with Gasteiger partial charge in [-0.15, -0.1) is 0 Å². The topological polar surface area (TPSA) is 80.5 Å². The molecule has 0 spiro atoms. The number of rotatable bonds is 2. The lowest BCUT2D eigenvalue weighted by Gasteiger charge is -2.03. The molecule has 86 valence electrons. The van der Waals surface area contributed by atoms with E-state index in [4.69, 9.17) is 11.0 Å². The second-order valence-electron chi connectivity index (χ2n) is 3.58. The van der Waals surface area contributed by atoms with E-state index in [9.17, 15) is 0 Å². The first-order valence-corrected chi connectivity index (χ1v) is 5.76. The van der Waals surface area contributed by atoms with Crippen molar-refractivity contribution >= 4 is 17.4 Å². The van der Waals surface area contributed by atoms with Gasteiger partial charge >= 0.3 is 0 Å². The van der Waals surface area contributed by atoms with Crippen LogP contribution in [-0.2, 0) is 7.05 Å². The standard InChI is InChI=1S/C11H11N5S/c1-7-3-10(16(2)15-7)17-11-8(5-12)4-9(13)6-14-11/h3-4,6H,13H2,1-2H3. The molecule has 0 radical (unpaired) electrons. The van der Waals surface area contributed by atoms with Crippen molar-refractivity contribution in [1.29, 1.82) is 5.26 Å². The number of hydrogen-bond acceptors (Lipinski definition) is 5. The summed E-state index contributed by atoms with van der Waals surface area (Å²) in [7, 11) is 1.86. The Morgan fingerprint density at radius 2 is 2.24 bits per heavy atom. The van der Waals surface area contributed by atoms with Crippen LogP contribution in [0.5, 0.6) is 0 Å². The van der Waals surface area contributed by atoms with Crippen molar-refractivity contribution < 1.29 is 0 Å². The molecule has 0 atom stereocenters. The van der Waals surface area contributed by atoms with Crippen LogP contribution in [0.3, 0.4) is 0 Å². The van der Waals surface area contributed by atoms with E-state index in [2.05, 4.69) is 16.2 Å². The van der Waals surface area contributed by atoms with Crippen LogP contribution >= 0.6 is 11.8 Å². The Morgan fingerprint density at radius 1 is 1.47 bits per heavy atom. The third-order valence-corrected chi connectivity index (χ3v) is 3.26. The highest BCUT2D eigenvalue weighted by Crippen LogP contribution is 2.29. The number of nitrogens with two attached hydrogens (primary N) is 1. The lowest BCUT2D eigenvalue weighted by Crippen LogP contribution is -1.95. The van der Waals surface area contributed by atoms with Crippen molar-refractivity contribution in [3.8, 4) is 6.07 Å². The SMILES string of the molecule is Cc1cc(Sc2ncc(N)cc2C#N)n(C)n1. The molecule has 6 heteroatoms. The fourth-order valence-corrected chi connectivity index (χ4v) is 2.33. The molecule has 2 aromatic heterocycles. The minimum absolute atomic E-state index is 0.480. The number of nitrogen functional groups attached to an aromatic ring is 1. The molecule has 0 saturated carbocycles. The zero-order valence-corrected chi connectivity index (χ0v) is 10.3. The largest absolute Gasteiger partial charge is 0.397 e. The van der Waals surface area contributed by atoms with E-state index in [1.165, 1.54) is 11.8 Å². The van der Waals surface area contributed by atoms with Gasteiger partial charge in [0.2, 0.25) is 0 Å². The lowest BCUT2D eigenvalue weighted by atomic mass is 10.3. The number of pyridine rings is 1. The molecule has 2 aromatic rings. The lowest BCUT2D eigenvalue weighted by molar-refractivity contribution is 0.692. The Morgan fingerprint density at radius 3 is 2.82 bits per heavy atom. The predicted octanol–water partition coefficient (Wildman–Crippen LogP) is 1.73. The van der Waals surface area contributed by atoms with Crippen LogP contribution in [0.1, 0.15) is 11.3 Å². The van der Waals surface area contributed by atoms with Crippen LogP contribution in [0, 0.1) is 18.3 Å². The maximum Gasteiger partial charge on any atom is 0.120 e. The summed E-state index contributed by atoms with van der Waals surface area (Å²) in [4.78, 5) is 4.17. The van der Waals surface area contributed by atoms with Gasteiger partial charge in [-0.1, -0.05) is 0 Å². The van der Waals surface area contributed by atoms with E-state index in [0.717, 1.165) is 10.7 Å². The first-order valence-electron chi connectivity index (χ1n) is 4.94. The summed E-state index contributed by atoms with van der Waals surface area (Å²) in [6.07, 6.45) is 1.55. The van der Waals surface area contributed by atoms with Gasteiger partial charge in [0, 0.05) is 7.05 Å². The monoisotopic (exact) mass is 245 g/mol. The van der Waals surface area contributed by atoms with Gasteiger partial charge in [0.1, 0.15) is 16.1 Å². The average Bonchev–Trinajstić information content (AvgIpc) is 2.60. The van der Waals surface area contributed by atoms with Crippen LogP contribution in [0.15, 0.2) is 28.4 Å². The first-order chi connectivity index (χ1) is 8.10. The molecule has 0 aliphatic carbocycles. The Labute approximate surface area is 103 Å². The van der Waals surface area contributed by atoms with Gasteiger partial charge in [0.25, 0.3) is 0 Å². The van der Waals surface area contributed by atoms with Crippen LogP contribution in [0.4, 0.5) is 5.69 Å². The second kappa shape index (κ2) is 4.47. The fourth-order valence-electron chi connectivity index (χ4n) is 1.41. The second-order valence-corrected chi connectivity index (χ2v) is 4.59. The van der Waals surface area contributed by atoms with Gasteiger partial charge in [0.05, 0.1) is 23.1 Å². The molecule has 0 amide bonds. The third-order valence-electron chi connectivity index (χ3n) is 2.15. The van der Waals surface area contributed by atoms with Crippen molar-refractivity contribution in [1.82, 2.24) is 14.8 Å². The van der Waals surface area contributed by atoms with Crippen LogP contribution in [0.2, 0.25) is 0 Å². The third kappa shape index (κ3) is 2.40. The molecule has 0 fully saturated rings. The van der Waals surface area contributed by atoms with Crippen LogP contribution < -0.4 is 5.73 Å². The van der Waals surface area contributed by atoms with Gasteiger partial charge in [-0.3, -0.25) is 4.68 Å². The Hall–Kier alpha value is -2.00. The Bertz CT molecular complexity index is 596. The van der Waals surface area contributed by atoms with E-state index >= 15 is 0 Å². The molecule has 0 saturated heterocycles. The number of aromatic nitrogens is 3. The molecule has 17 heavy (non-hydrogen) atoms. The molecule has 2 N–H and O–H groups in total. The van der Waals surface area contributed by atoms with Gasteiger partial charge < -0.3 is 5.73 Å². The van der Waals surface area contributed by atoms with Gasteiger partial charge in [-0.05, 0) is 30.8 Å². The van der Waals surface area contributed by atoms with E-state index in [-0.39, 0.29) is 0 Å². The number of nitrogens with zero attached hydrogens (tertiary/aromatic N) is 4. The summed E-state index contributed by atoms with van der Waals surface area (Å²) in [5, 5.41) is 14.8. The van der Waals surface area contributed by atoms with Crippen molar-refractivity contribution in [2.45, 2.75) is 17.0 Å². The van der Waals surface area contributed by atoms with Crippen LogP contribution in [0.25, 0.3) is 0 Å². The summed E-state index contributed by atoms with van der Waals surface area (Å²) >= 11 is 1.41. The highest BCUT2D eigenvalue weighted by molar-refractivity contribution is 7.99. The molecular formula is C11H11N5S. The predicted molar refractivity (Wildman–Crippen MR) is 65.4 cm³/mol. The summed E-state index contributed by atoms with van der Waals surface area (Å²) in [6.45, 7) is 1.92. The summed E-state index contributed by atoms with van der Waals surface area (Å²) in [5.41, 5.74) is 7.50. The Balaban J connectivity index is 2.37. The minimum atomic E-state index is 0.480. The quantitative estimate of drug-likeness (QED) is 0.871. The fraction of sp³-hybridized carbons (Fsp3) is 0.182. The zero-order chi connectivity index (χ0) is 12.4.